The summed E-state index contributed by atoms with van der Waals surface area (Å²) in [5.74, 6) is -2.53. The number of halogens is 2. The molecule has 1 aromatic carbocycles. The van der Waals surface area contributed by atoms with E-state index in [4.69, 9.17) is 16.7 Å². The zero-order valence-corrected chi connectivity index (χ0v) is 11.6. The number of aliphatic carboxylic acids is 1. The van der Waals surface area contributed by atoms with Gasteiger partial charge >= 0.3 is 5.97 Å². The Morgan fingerprint density at radius 1 is 1.45 bits per heavy atom. The van der Waals surface area contributed by atoms with Crippen LogP contribution in [0.25, 0.3) is 0 Å². The minimum absolute atomic E-state index is 0.239. The standard InChI is InChI=1S/C11H11ClFNO5S/c12-7-2-1-3-9(10(7)13)20(18,19)14-5-6(15)4-8(14)11(16)17/h1-3,6,8,15H,4-5H2,(H,16,17)/t6-,8+/m1/s1. The topological polar surface area (TPSA) is 94.9 Å². The summed E-state index contributed by atoms with van der Waals surface area (Å²) in [6.07, 6.45) is -1.34. The first-order chi connectivity index (χ1) is 9.25. The highest BCUT2D eigenvalue weighted by Gasteiger charge is 2.44. The summed E-state index contributed by atoms with van der Waals surface area (Å²) in [5.41, 5.74) is 0. The Labute approximate surface area is 119 Å². The van der Waals surface area contributed by atoms with Crippen molar-refractivity contribution in [3.8, 4) is 0 Å². The maximum absolute atomic E-state index is 13.8. The molecule has 6 nitrogen and oxygen atoms in total. The second-order valence-electron chi connectivity index (χ2n) is 4.37. The van der Waals surface area contributed by atoms with Crippen molar-refractivity contribution < 1.29 is 27.8 Å². The summed E-state index contributed by atoms with van der Waals surface area (Å²) >= 11 is 5.53. The van der Waals surface area contributed by atoms with Crippen LogP contribution in [0.2, 0.25) is 5.02 Å². The number of rotatable bonds is 3. The van der Waals surface area contributed by atoms with Gasteiger partial charge in [-0.1, -0.05) is 17.7 Å². The van der Waals surface area contributed by atoms with Crippen molar-refractivity contribution in [2.45, 2.75) is 23.5 Å². The lowest BCUT2D eigenvalue weighted by molar-refractivity contribution is -0.140. The Morgan fingerprint density at radius 2 is 2.10 bits per heavy atom. The average molecular weight is 324 g/mol. The van der Waals surface area contributed by atoms with E-state index in [1.807, 2.05) is 0 Å². The third-order valence-corrected chi connectivity index (χ3v) is 5.21. The Bertz CT molecular complexity index is 650. The van der Waals surface area contributed by atoms with Gasteiger partial charge in [0, 0.05) is 13.0 Å². The van der Waals surface area contributed by atoms with E-state index in [0.29, 0.717) is 4.31 Å². The van der Waals surface area contributed by atoms with Crippen LogP contribution < -0.4 is 0 Å². The fraction of sp³-hybridized carbons (Fsp3) is 0.364. The van der Waals surface area contributed by atoms with E-state index in [1.165, 1.54) is 12.1 Å². The molecule has 0 aromatic heterocycles. The highest BCUT2D eigenvalue weighted by molar-refractivity contribution is 7.89. The number of hydrogen-bond donors (Lipinski definition) is 2. The van der Waals surface area contributed by atoms with Crippen LogP contribution in [0.5, 0.6) is 0 Å². The number of carboxylic acids is 1. The van der Waals surface area contributed by atoms with Gasteiger partial charge in [-0.2, -0.15) is 4.31 Å². The molecule has 20 heavy (non-hydrogen) atoms. The molecule has 0 radical (unpaired) electrons. The summed E-state index contributed by atoms with van der Waals surface area (Å²) in [6, 6.07) is 2.01. The second kappa shape index (κ2) is 5.28. The SMILES string of the molecule is O=C(O)[C@@H]1C[C@@H](O)CN1S(=O)(=O)c1cccc(Cl)c1F. The van der Waals surface area contributed by atoms with Gasteiger partial charge in [0.05, 0.1) is 11.1 Å². The molecule has 1 fully saturated rings. The van der Waals surface area contributed by atoms with E-state index in [1.54, 1.807) is 0 Å². The number of aliphatic hydroxyl groups excluding tert-OH is 1. The third kappa shape index (κ3) is 2.51. The van der Waals surface area contributed by atoms with Crippen molar-refractivity contribution in [1.29, 1.82) is 0 Å². The van der Waals surface area contributed by atoms with Crippen LogP contribution in [0.3, 0.4) is 0 Å². The van der Waals surface area contributed by atoms with Crippen molar-refractivity contribution in [3.63, 3.8) is 0 Å². The Kier molecular flexibility index (Phi) is 4.01. The van der Waals surface area contributed by atoms with Crippen molar-refractivity contribution >= 4 is 27.6 Å². The predicted octanol–water partition coefficient (Wildman–Crippen LogP) is 0.688. The average Bonchev–Trinajstić information content (AvgIpc) is 2.75. The number of β-amino-alcohol motifs (C(OH)–C–C–N with tert-alkyl or cyclic N) is 1. The van der Waals surface area contributed by atoms with Crippen molar-refractivity contribution in [2.75, 3.05) is 6.54 Å². The molecule has 2 rings (SSSR count). The third-order valence-electron chi connectivity index (χ3n) is 3.02. The molecule has 2 N–H and O–H groups in total. The van der Waals surface area contributed by atoms with E-state index in [-0.39, 0.29) is 11.4 Å². The van der Waals surface area contributed by atoms with Crippen LogP contribution >= 0.6 is 11.6 Å². The van der Waals surface area contributed by atoms with E-state index in [9.17, 15) is 22.7 Å². The lowest BCUT2D eigenvalue weighted by Crippen LogP contribution is -2.40. The largest absolute Gasteiger partial charge is 0.480 e. The molecule has 1 aliphatic heterocycles. The molecule has 9 heteroatoms. The van der Waals surface area contributed by atoms with Gasteiger partial charge in [-0.05, 0) is 12.1 Å². The maximum atomic E-state index is 13.8. The smallest absolute Gasteiger partial charge is 0.322 e. The normalized spacial score (nSPS) is 23.9. The van der Waals surface area contributed by atoms with Gasteiger partial charge in [0.15, 0.2) is 5.82 Å². The first-order valence-electron chi connectivity index (χ1n) is 5.62. The summed E-state index contributed by atoms with van der Waals surface area (Å²) in [5, 5.41) is 18.1. The lowest BCUT2D eigenvalue weighted by Gasteiger charge is -2.21. The van der Waals surface area contributed by atoms with E-state index >= 15 is 0 Å². The molecule has 1 heterocycles. The highest BCUT2D eigenvalue weighted by Crippen LogP contribution is 2.30. The molecule has 0 unspecified atom stereocenters. The number of hydrogen-bond acceptors (Lipinski definition) is 4. The molecular weight excluding hydrogens is 313 g/mol. The molecule has 0 aliphatic carbocycles. The fourth-order valence-electron chi connectivity index (χ4n) is 2.08. The van der Waals surface area contributed by atoms with Gasteiger partial charge in [0.25, 0.3) is 0 Å². The Morgan fingerprint density at radius 3 is 2.70 bits per heavy atom. The van der Waals surface area contributed by atoms with Crippen LogP contribution in [0, 0.1) is 5.82 Å². The minimum Gasteiger partial charge on any atom is -0.480 e. The first-order valence-corrected chi connectivity index (χ1v) is 7.43. The van der Waals surface area contributed by atoms with Crippen molar-refractivity contribution in [2.24, 2.45) is 0 Å². The van der Waals surface area contributed by atoms with Crippen LogP contribution in [-0.2, 0) is 14.8 Å². The maximum Gasteiger partial charge on any atom is 0.322 e. The Hall–Kier alpha value is -1.22. The number of carbonyl (C=O) groups is 1. The number of nitrogens with zero attached hydrogens (tertiary/aromatic N) is 1. The molecule has 2 atom stereocenters. The second-order valence-corrected chi connectivity index (χ2v) is 6.64. The van der Waals surface area contributed by atoms with E-state index in [2.05, 4.69) is 0 Å². The van der Waals surface area contributed by atoms with Crippen LogP contribution in [0.1, 0.15) is 6.42 Å². The summed E-state index contributed by atoms with van der Waals surface area (Å²) in [6.45, 7) is -0.398. The Balaban J connectivity index is 2.49. The molecule has 1 aliphatic rings. The van der Waals surface area contributed by atoms with Gasteiger partial charge in [-0.15, -0.1) is 0 Å². The van der Waals surface area contributed by atoms with Gasteiger partial charge in [0.2, 0.25) is 10.0 Å². The number of sulfonamides is 1. The molecule has 0 saturated carbocycles. The molecule has 0 amide bonds. The van der Waals surface area contributed by atoms with E-state index < -0.39 is 45.4 Å². The fourth-order valence-corrected chi connectivity index (χ4v) is 4.03. The monoisotopic (exact) mass is 323 g/mol. The summed E-state index contributed by atoms with van der Waals surface area (Å²) in [7, 11) is -4.39. The lowest BCUT2D eigenvalue weighted by atomic mass is 10.2. The molecule has 0 spiro atoms. The molecular formula is C11H11ClFNO5S. The molecule has 1 saturated heterocycles. The molecule has 110 valence electrons. The minimum atomic E-state index is -4.39. The quantitative estimate of drug-likeness (QED) is 0.853. The summed E-state index contributed by atoms with van der Waals surface area (Å²) in [4.78, 5) is 10.3. The van der Waals surface area contributed by atoms with Crippen molar-refractivity contribution in [1.82, 2.24) is 4.31 Å². The van der Waals surface area contributed by atoms with Gasteiger partial charge < -0.3 is 10.2 Å². The van der Waals surface area contributed by atoms with Gasteiger partial charge in [-0.25, -0.2) is 12.8 Å². The molecule has 0 bridgehead atoms. The number of carboxylic acid groups (broad SMARTS) is 1. The van der Waals surface area contributed by atoms with Crippen molar-refractivity contribution in [3.05, 3.63) is 29.0 Å². The zero-order valence-electron chi connectivity index (χ0n) is 10.0. The number of aliphatic hydroxyl groups is 1. The number of benzene rings is 1. The summed E-state index contributed by atoms with van der Waals surface area (Å²) < 4.78 is 39.0. The predicted molar refractivity (Wildman–Crippen MR) is 67.3 cm³/mol. The first kappa shape index (κ1) is 15.2. The van der Waals surface area contributed by atoms with Crippen LogP contribution in [-0.4, -0.2) is 47.6 Å². The van der Waals surface area contributed by atoms with Gasteiger partial charge in [-0.3, -0.25) is 4.79 Å². The van der Waals surface area contributed by atoms with Gasteiger partial charge in [0.1, 0.15) is 10.9 Å². The molecule has 1 aromatic rings. The highest BCUT2D eigenvalue weighted by atomic mass is 35.5. The van der Waals surface area contributed by atoms with E-state index in [0.717, 1.165) is 6.07 Å². The van der Waals surface area contributed by atoms with Crippen LogP contribution in [0.4, 0.5) is 4.39 Å². The zero-order chi connectivity index (χ0) is 15.1. The van der Waals surface area contributed by atoms with Crippen LogP contribution in [0.15, 0.2) is 23.1 Å².